The first-order valence-corrected chi connectivity index (χ1v) is 5.06. The Bertz CT molecular complexity index is 442. The van der Waals surface area contributed by atoms with Gasteiger partial charge in [-0.15, -0.1) is 0 Å². The van der Waals surface area contributed by atoms with Crippen molar-refractivity contribution < 1.29 is 32.5 Å². The van der Waals surface area contributed by atoms with Gasteiger partial charge < -0.3 is 14.6 Å². The molecule has 1 atom stereocenters. The second-order valence-electron chi connectivity index (χ2n) is 3.69. The fraction of sp³-hybridized carbons (Fsp3) is 0.364. The number of methoxy groups -OCH3 is 1. The fourth-order valence-electron chi connectivity index (χ4n) is 1.10. The Hall–Kier alpha value is -1.80. The van der Waals surface area contributed by atoms with E-state index in [1.807, 2.05) is 0 Å². The van der Waals surface area contributed by atoms with Crippen LogP contribution < -0.4 is 10.5 Å². The number of rotatable bonds is 4. The molecule has 8 heteroatoms. The number of ether oxygens (including phenoxy) is 2. The first-order valence-electron chi connectivity index (χ1n) is 5.06. The summed E-state index contributed by atoms with van der Waals surface area (Å²) in [5, 5.41) is 8.84. The Morgan fingerprint density at radius 3 is 2.26 bits per heavy atom. The Balaban J connectivity index is 2.63. The lowest BCUT2D eigenvalue weighted by Crippen LogP contribution is -2.60. The number of aliphatic hydroxyl groups is 1. The number of hydrogen-bond donors (Lipinski definition) is 2. The summed E-state index contributed by atoms with van der Waals surface area (Å²) in [6, 6.07) is 6.08. The van der Waals surface area contributed by atoms with Crippen LogP contribution in [0.5, 0.6) is 5.75 Å². The number of carbonyl (C=O) groups excluding carboxylic acids is 1. The summed E-state index contributed by atoms with van der Waals surface area (Å²) in [5.74, 6) is -1.42. The average molecular weight is 279 g/mol. The van der Waals surface area contributed by atoms with Gasteiger partial charge in [0.2, 0.25) is 0 Å². The third-order valence-corrected chi connectivity index (χ3v) is 2.27. The van der Waals surface area contributed by atoms with Crippen LogP contribution in [-0.2, 0) is 16.1 Å². The SMILES string of the molecule is COc1ccc(COC(=O)C(N)(O)C(F)(F)F)cc1. The molecule has 0 bridgehead atoms. The number of benzene rings is 1. The molecule has 0 radical (unpaired) electrons. The van der Waals surface area contributed by atoms with Crippen LogP contribution in [0.3, 0.4) is 0 Å². The lowest BCUT2D eigenvalue weighted by molar-refractivity contribution is -0.261. The predicted octanol–water partition coefficient (Wildman–Crippen LogP) is 0.948. The van der Waals surface area contributed by atoms with Gasteiger partial charge in [-0.05, 0) is 17.7 Å². The topological polar surface area (TPSA) is 81.8 Å². The zero-order valence-electron chi connectivity index (χ0n) is 9.90. The van der Waals surface area contributed by atoms with Crippen LogP contribution >= 0.6 is 0 Å². The van der Waals surface area contributed by atoms with E-state index in [0.717, 1.165) is 0 Å². The summed E-state index contributed by atoms with van der Waals surface area (Å²) < 4.78 is 45.8. The van der Waals surface area contributed by atoms with Crippen LogP contribution in [0.1, 0.15) is 5.56 Å². The second-order valence-corrected chi connectivity index (χ2v) is 3.69. The van der Waals surface area contributed by atoms with Crippen molar-refractivity contribution in [2.45, 2.75) is 18.5 Å². The summed E-state index contributed by atoms with van der Waals surface area (Å²) >= 11 is 0. The number of alkyl halides is 3. The number of nitrogens with two attached hydrogens (primary N) is 1. The lowest BCUT2D eigenvalue weighted by Gasteiger charge is -2.23. The molecule has 0 aliphatic carbocycles. The molecule has 5 nitrogen and oxygen atoms in total. The van der Waals surface area contributed by atoms with Crippen LogP contribution in [0.2, 0.25) is 0 Å². The van der Waals surface area contributed by atoms with E-state index in [0.29, 0.717) is 11.3 Å². The molecule has 1 aromatic carbocycles. The quantitative estimate of drug-likeness (QED) is 0.633. The van der Waals surface area contributed by atoms with Crippen molar-refractivity contribution >= 4 is 5.97 Å². The van der Waals surface area contributed by atoms with Crippen molar-refractivity contribution in [3.63, 3.8) is 0 Å². The summed E-state index contributed by atoms with van der Waals surface area (Å²) in [7, 11) is 1.45. The smallest absolute Gasteiger partial charge is 0.442 e. The molecule has 0 aliphatic heterocycles. The number of halogens is 3. The minimum atomic E-state index is -5.30. The zero-order chi connectivity index (χ0) is 14.7. The Kier molecular flexibility index (Phi) is 4.38. The first kappa shape index (κ1) is 15.3. The summed E-state index contributed by atoms with van der Waals surface area (Å²) in [4.78, 5) is 11.1. The molecule has 1 unspecified atom stereocenters. The van der Waals surface area contributed by atoms with Crippen molar-refractivity contribution in [2.24, 2.45) is 5.73 Å². The minimum absolute atomic E-state index is 0.423. The number of hydrogen-bond acceptors (Lipinski definition) is 5. The van der Waals surface area contributed by atoms with Gasteiger partial charge in [-0.1, -0.05) is 12.1 Å². The van der Waals surface area contributed by atoms with E-state index in [9.17, 15) is 18.0 Å². The minimum Gasteiger partial charge on any atom is -0.497 e. The average Bonchev–Trinajstić information content (AvgIpc) is 2.35. The van der Waals surface area contributed by atoms with E-state index in [4.69, 9.17) is 9.84 Å². The van der Waals surface area contributed by atoms with E-state index in [-0.39, 0.29) is 0 Å². The molecule has 0 fully saturated rings. The maximum Gasteiger partial charge on any atom is 0.442 e. The lowest BCUT2D eigenvalue weighted by atomic mass is 10.2. The van der Waals surface area contributed by atoms with Gasteiger partial charge in [-0.3, -0.25) is 5.73 Å². The van der Waals surface area contributed by atoms with Crippen molar-refractivity contribution in [1.82, 2.24) is 0 Å². The molecular formula is C11H12F3NO4. The monoisotopic (exact) mass is 279 g/mol. The fourth-order valence-corrected chi connectivity index (χ4v) is 1.10. The molecule has 0 saturated heterocycles. The van der Waals surface area contributed by atoms with Gasteiger partial charge in [0.15, 0.2) is 0 Å². The van der Waals surface area contributed by atoms with Gasteiger partial charge in [0.25, 0.3) is 0 Å². The van der Waals surface area contributed by atoms with Crippen LogP contribution in [0, 0.1) is 0 Å². The Morgan fingerprint density at radius 2 is 1.84 bits per heavy atom. The zero-order valence-corrected chi connectivity index (χ0v) is 9.90. The van der Waals surface area contributed by atoms with Gasteiger partial charge in [0.05, 0.1) is 7.11 Å². The Morgan fingerprint density at radius 1 is 1.32 bits per heavy atom. The number of esters is 1. The number of carbonyl (C=O) groups is 1. The maximum absolute atomic E-state index is 12.2. The van der Waals surface area contributed by atoms with Gasteiger partial charge in [0.1, 0.15) is 12.4 Å². The molecule has 19 heavy (non-hydrogen) atoms. The van der Waals surface area contributed by atoms with Gasteiger partial charge >= 0.3 is 17.9 Å². The molecule has 0 amide bonds. The molecule has 0 spiro atoms. The van der Waals surface area contributed by atoms with Crippen LogP contribution in [0.25, 0.3) is 0 Å². The highest BCUT2D eigenvalue weighted by Crippen LogP contribution is 2.27. The van der Waals surface area contributed by atoms with E-state index in [1.54, 1.807) is 12.1 Å². The second kappa shape index (κ2) is 5.45. The highest BCUT2D eigenvalue weighted by atomic mass is 19.4. The summed E-state index contributed by atoms with van der Waals surface area (Å²) in [6.45, 7) is -0.446. The molecule has 0 aliphatic rings. The van der Waals surface area contributed by atoms with E-state index in [1.165, 1.54) is 19.2 Å². The van der Waals surface area contributed by atoms with Gasteiger partial charge in [0, 0.05) is 0 Å². The molecular weight excluding hydrogens is 267 g/mol. The Labute approximate surface area is 106 Å². The first-order chi connectivity index (χ1) is 8.68. The highest BCUT2D eigenvalue weighted by molar-refractivity contribution is 5.79. The van der Waals surface area contributed by atoms with Crippen molar-refractivity contribution in [3.8, 4) is 5.75 Å². The molecule has 1 rings (SSSR count). The van der Waals surface area contributed by atoms with Crippen LogP contribution in [0.4, 0.5) is 13.2 Å². The summed E-state index contributed by atoms with van der Waals surface area (Å²) in [5.41, 5.74) is 0.892. The van der Waals surface area contributed by atoms with Gasteiger partial charge in [-0.2, -0.15) is 13.2 Å². The predicted molar refractivity (Wildman–Crippen MR) is 58.0 cm³/mol. The normalized spacial score (nSPS) is 14.6. The van der Waals surface area contributed by atoms with E-state index in [2.05, 4.69) is 10.5 Å². The van der Waals surface area contributed by atoms with Crippen LogP contribution in [-0.4, -0.2) is 30.1 Å². The molecule has 3 N–H and O–H groups in total. The molecule has 0 saturated carbocycles. The third-order valence-electron chi connectivity index (χ3n) is 2.27. The molecule has 1 aromatic rings. The van der Waals surface area contributed by atoms with Crippen molar-refractivity contribution in [3.05, 3.63) is 29.8 Å². The van der Waals surface area contributed by atoms with Crippen LogP contribution in [0.15, 0.2) is 24.3 Å². The van der Waals surface area contributed by atoms with Gasteiger partial charge in [-0.25, -0.2) is 4.79 Å². The third kappa shape index (κ3) is 3.58. The standard InChI is InChI=1S/C11H12F3NO4/c1-18-8-4-2-7(3-5-8)6-19-9(16)10(15,17)11(12,13)14/h2-5,17H,6,15H2,1H3. The molecule has 0 heterocycles. The highest BCUT2D eigenvalue weighted by Gasteiger charge is 2.58. The van der Waals surface area contributed by atoms with E-state index >= 15 is 0 Å². The van der Waals surface area contributed by atoms with Crippen molar-refractivity contribution in [1.29, 1.82) is 0 Å². The molecule has 0 aromatic heterocycles. The maximum atomic E-state index is 12.2. The van der Waals surface area contributed by atoms with Crippen molar-refractivity contribution in [2.75, 3.05) is 7.11 Å². The van der Waals surface area contributed by atoms with E-state index < -0.39 is 24.5 Å². The molecule has 106 valence electrons. The largest absolute Gasteiger partial charge is 0.497 e. The summed E-state index contributed by atoms with van der Waals surface area (Å²) in [6.07, 6.45) is -5.30.